The van der Waals surface area contributed by atoms with Gasteiger partial charge >= 0.3 is 0 Å². The molecule has 1 N–H and O–H groups in total. The standard InChI is InChI=1S/C18H14N2O2/c21-11-12-1-3-13(4-2-12)15-7-14-5-6-20-17(22)10-19-9-16(8-15)18(14)20/h1-8,11,19H,9-10H2. The van der Waals surface area contributed by atoms with Gasteiger partial charge in [0.25, 0.3) is 0 Å². The van der Waals surface area contributed by atoms with Crippen molar-refractivity contribution in [3.05, 3.63) is 59.8 Å². The van der Waals surface area contributed by atoms with Gasteiger partial charge in [-0.15, -0.1) is 0 Å². The summed E-state index contributed by atoms with van der Waals surface area (Å²) in [5.41, 5.74) is 4.92. The SMILES string of the molecule is O=Cc1ccc(-c2cc3c4c(ccn4C(=O)CNC3)c2)cc1. The number of nitrogens with one attached hydrogen (secondary N) is 1. The Morgan fingerprint density at radius 3 is 2.59 bits per heavy atom. The lowest BCUT2D eigenvalue weighted by Crippen LogP contribution is -2.23. The van der Waals surface area contributed by atoms with Crippen molar-refractivity contribution >= 4 is 23.1 Å². The maximum Gasteiger partial charge on any atom is 0.245 e. The van der Waals surface area contributed by atoms with E-state index in [0.29, 0.717) is 18.7 Å². The van der Waals surface area contributed by atoms with E-state index in [1.54, 1.807) is 4.57 Å². The van der Waals surface area contributed by atoms with E-state index in [2.05, 4.69) is 17.4 Å². The molecule has 1 aromatic heterocycles. The van der Waals surface area contributed by atoms with Crippen LogP contribution in [0, 0.1) is 0 Å². The van der Waals surface area contributed by atoms with Gasteiger partial charge in [-0.05, 0) is 34.9 Å². The molecule has 22 heavy (non-hydrogen) atoms. The Morgan fingerprint density at radius 2 is 1.82 bits per heavy atom. The summed E-state index contributed by atoms with van der Waals surface area (Å²) in [6.07, 6.45) is 2.68. The van der Waals surface area contributed by atoms with Crippen LogP contribution in [0.1, 0.15) is 20.7 Å². The lowest BCUT2D eigenvalue weighted by Gasteiger charge is -2.08. The molecule has 1 aliphatic rings. The van der Waals surface area contributed by atoms with Crippen LogP contribution in [-0.2, 0) is 6.54 Å². The van der Waals surface area contributed by atoms with E-state index in [-0.39, 0.29) is 5.91 Å². The zero-order chi connectivity index (χ0) is 15.1. The Kier molecular flexibility index (Phi) is 2.91. The predicted molar refractivity (Wildman–Crippen MR) is 85.1 cm³/mol. The predicted octanol–water partition coefficient (Wildman–Crippen LogP) is 2.86. The van der Waals surface area contributed by atoms with E-state index >= 15 is 0 Å². The molecule has 4 nitrogen and oxygen atoms in total. The minimum atomic E-state index is 0.0665. The maximum absolute atomic E-state index is 12.0. The lowest BCUT2D eigenvalue weighted by atomic mass is 9.99. The second-order valence-electron chi connectivity index (χ2n) is 5.50. The van der Waals surface area contributed by atoms with Crippen molar-refractivity contribution in [3.8, 4) is 11.1 Å². The molecule has 0 spiro atoms. The third-order valence-electron chi connectivity index (χ3n) is 4.10. The normalized spacial score (nSPS) is 14.1. The number of carbonyl (C=O) groups is 2. The van der Waals surface area contributed by atoms with Crippen LogP contribution in [-0.4, -0.2) is 23.3 Å². The molecule has 0 unspecified atom stereocenters. The second kappa shape index (κ2) is 4.93. The van der Waals surface area contributed by atoms with Gasteiger partial charge < -0.3 is 5.32 Å². The van der Waals surface area contributed by atoms with Crippen LogP contribution in [0.3, 0.4) is 0 Å². The fourth-order valence-electron chi connectivity index (χ4n) is 3.02. The second-order valence-corrected chi connectivity index (χ2v) is 5.50. The number of carbonyl (C=O) groups excluding carboxylic acids is 2. The Balaban J connectivity index is 1.90. The van der Waals surface area contributed by atoms with Crippen molar-refractivity contribution in [2.24, 2.45) is 0 Å². The third kappa shape index (κ3) is 1.96. The number of benzene rings is 2. The molecule has 0 saturated carbocycles. The first kappa shape index (κ1) is 13.0. The molecule has 0 aliphatic carbocycles. The minimum absolute atomic E-state index is 0.0665. The summed E-state index contributed by atoms with van der Waals surface area (Å²) in [7, 11) is 0. The summed E-state index contributed by atoms with van der Waals surface area (Å²) in [5.74, 6) is 0.0665. The van der Waals surface area contributed by atoms with E-state index in [9.17, 15) is 9.59 Å². The van der Waals surface area contributed by atoms with Gasteiger partial charge in [0.1, 0.15) is 6.29 Å². The van der Waals surface area contributed by atoms with E-state index in [1.807, 2.05) is 36.5 Å². The van der Waals surface area contributed by atoms with E-state index in [1.165, 1.54) is 0 Å². The van der Waals surface area contributed by atoms with Gasteiger partial charge in [0.05, 0.1) is 12.1 Å². The largest absolute Gasteiger partial charge is 0.304 e. The first-order valence-electron chi connectivity index (χ1n) is 7.20. The first-order valence-corrected chi connectivity index (χ1v) is 7.20. The highest BCUT2D eigenvalue weighted by atomic mass is 16.2. The molecular formula is C18H14N2O2. The number of rotatable bonds is 2. The van der Waals surface area contributed by atoms with Crippen molar-refractivity contribution in [2.75, 3.05) is 6.54 Å². The molecule has 0 bridgehead atoms. The van der Waals surface area contributed by atoms with E-state index in [4.69, 9.17) is 0 Å². The molecule has 0 fully saturated rings. The Morgan fingerprint density at radius 1 is 1.00 bits per heavy atom. The van der Waals surface area contributed by atoms with Crippen molar-refractivity contribution in [1.82, 2.24) is 9.88 Å². The van der Waals surface area contributed by atoms with Crippen LogP contribution >= 0.6 is 0 Å². The number of hydrogen-bond donors (Lipinski definition) is 1. The van der Waals surface area contributed by atoms with Crippen LogP contribution in [0.2, 0.25) is 0 Å². The van der Waals surface area contributed by atoms with E-state index < -0.39 is 0 Å². The zero-order valence-electron chi connectivity index (χ0n) is 11.9. The summed E-state index contributed by atoms with van der Waals surface area (Å²) < 4.78 is 1.73. The van der Waals surface area contributed by atoms with Crippen LogP contribution in [0.5, 0.6) is 0 Å². The highest BCUT2D eigenvalue weighted by Gasteiger charge is 2.17. The minimum Gasteiger partial charge on any atom is -0.304 e. The van der Waals surface area contributed by atoms with Gasteiger partial charge in [0, 0.05) is 23.7 Å². The molecule has 0 atom stereocenters. The Hall–Kier alpha value is -2.72. The van der Waals surface area contributed by atoms with Crippen LogP contribution in [0.4, 0.5) is 0 Å². The zero-order valence-corrected chi connectivity index (χ0v) is 11.9. The van der Waals surface area contributed by atoms with Crippen molar-refractivity contribution < 1.29 is 9.59 Å². The molecule has 108 valence electrons. The fraction of sp³-hybridized carbons (Fsp3) is 0.111. The summed E-state index contributed by atoms with van der Waals surface area (Å²) in [6, 6.07) is 13.7. The molecule has 3 aromatic rings. The summed E-state index contributed by atoms with van der Waals surface area (Å²) in [5, 5.41) is 4.23. The van der Waals surface area contributed by atoms with Gasteiger partial charge in [-0.25, -0.2) is 0 Å². The summed E-state index contributed by atoms with van der Waals surface area (Å²) in [4.78, 5) is 22.8. The number of aldehydes is 1. The lowest BCUT2D eigenvalue weighted by molar-refractivity contribution is 0.0919. The van der Waals surface area contributed by atoms with Crippen molar-refractivity contribution in [1.29, 1.82) is 0 Å². The molecule has 4 heteroatoms. The third-order valence-corrected chi connectivity index (χ3v) is 4.10. The van der Waals surface area contributed by atoms with Gasteiger partial charge in [-0.1, -0.05) is 24.3 Å². The number of hydrogen-bond acceptors (Lipinski definition) is 3. The molecule has 0 saturated heterocycles. The van der Waals surface area contributed by atoms with Crippen molar-refractivity contribution in [3.63, 3.8) is 0 Å². The molecule has 2 heterocycles. The molecule has 0 amide bonds. The van der Waals surface area contributed by atoms with Gasteiger partial charge in [0.2, 0.25) is 5.91 Å². The monoisotopic (exact) mass is 290 g/mol. The average molecular weight is 290 g/mol. The van der Waals surface area contributed by atoms with Crippen molar-refractivity contribution in [2.45, 2.75) is 6.54 Å². The maximum atomic E-state index is 12.0. The van der Waals surface area contributed by atoms with Crippen LogP contribution in [0.15, 0.2) is 48.7 Å². The number of nitrogens with zero attached hydrogens (tertiary/aromatic N) is 1. The molecule has 4 rings (SSSR count). The quantitative estimate of drug-likeness (QED) is 0.738. The molecule has 2 aromatic carbocycles. The van der Waals surface area contributed by atoms with Gasteiger partial charge in [0.15, 0.2) is 0 Å². The summed E-state index contributed by atoms with van der Waals surface area (Å²) >= 11 is 0. The first-order chi connectivity index (χ1) is 10.8. The smallest absolute Gasteiger partial charge is 0.245 e. The Bertz CT molecular complexity index is 891. The molecule has 1 aliphatic heterocycles. The molecule has 0 radical (unpaired) electrons. The van der Waals surface area contributed by atoms with Gasteiger partial charge in [-0.3, -0.25) is 14.2 Å². The topological polar surface area (TPSA) is 51.1 Å². The highest BCUT2D eigenvalue weighted by molar-refractivity contribution is 5.97. The highest BCUT2D eigenvalue weighted by Crippen LogP contribution is 2.29. The fourth-order valence-corrected chi connectivity index (χ4v) is 3.02. The molecular weight excluding hydrogens is 276 g/mol. The Labute approximate surface area is 127 Å². The summed E-state index contributed by atoms with van der Waals surface area (Å²) in [6.45, 7) is 1.02. The van der Waals surface area contributed by atoms with Gasteiger partial charge in [-0.2, -0.15) is 0 Å². The van der Waals surface area contributed by atoms with Crippen LogP contribution < -0.4 is 5.32 Å². The van der Waals surface area contributed by atoms with Crippen LogP contribution in [0.25, 0.3) is 22.0 Å². The number of aromatic nitrogens is 1. The average Bonchev–Trinajstić information content (AvgIpc) is 2.91. The van der Waals surface area contributed by atoms with E-state index in [0.717, 1.165) is 33.9 Å².